The lowest BCUT2D eigenvalue weighted by Crippen LogP contribution is -2.25. The molecule has 0 fully saturated rings. The van der Waals surface area contributed by atoms with Crippen molar-refractivity contribution in [2.45, 2.75) is 20.1 Å². The summed E-state index contributed by atoms with van der Waals surface area (Å²) in [6, 6.07) is 29.5. The van der Waals surface area contributed by atoms with Crippen LogP contribution in [0.4, 0.5) is 17.2 Å². The van der Waals surface area contributed by atoms with Crippen molar-refractivity contribution in [2.75, 3.05) is 29.9 Å². The molecule has 5 rings (SSSR count). The minimum Gasteiger partial charge on any atom is -0.472 e. The summed E-state index contributed by atoms with van der Waals surface area (Å²) in [4.78, 5) is 20.2. The lowest BCUT2D eigenvalue weighted by molar-refractivity contribution is 0.266. The zero-order valence-corrected chi connectivity index (χ0v) is 22.9. The number of aliphatic hydroxyl groups excluding tert-OH is 1. The Bertz CT molecular complexity index is 1520. The summed E-state index contributed by atoms with van der Waals surface area (Å²) in [5.41, 5.74) is 4.99. The van der Waals surface area contributed by atoms with Crippen LogP contribution in [0.1, 0.15) is 18.1 Å². The van der Waals surface area contributed by atoms with Gasteiger partial charge in [-0.2, -0.15) is 4.98 Å². The third kappa shape index (κ3) is 7.55. The van der Waals surface area contributed by atoms with E-state index in [9.17, 15) is 5.11 Å². The van der Waals surface area contributed by atoms with Crippen LogP contribution in [0.25, 0.3) is 11.4 Å². The van der Waals surface area contributed by atoms with E-state index in [1.807, 2.05) is 91.0 Å². The predicted octanol–water partition coefficient (Wildman–Crippen LogP) is 5.65. The van der Waals surface area contributed by atoms with Crippen LogP contribution in [0.3, 0.4) is 0 Å². The molecule has 0 aliphatic heterocycles. The molecule has 0 saturated heterocycles. The molecule has 0 bridgehead atoms. The molecule has 0 atom stereocenters. The zero-order valence-electron chi connectivity index (χ0n) is 22.9. The fourth-order valence-electron chi connectivity index (χ4n) is 4.21. The Morgan fingerprint density at radius 3 is 2.15 bits per heavy atom. The molecule has 9 heteroatoms. The number of ether oxygens (including phenoxy) is 2. The minimum absolute atomic E-state index is 0.109. The number of aliphatic hydroxyl groups is 1. The molecular formula is C32H32N6O3. The van der Waals surface area contributed by atoms with Crippen molar-refractivity contribution in [3.63, 3.8) is 0 Å². The minimum atomic E-state index is 0.109. The Hall–Kier alpha value is -5.02. The first-order chi connectivity index (χ1) is 20.2. The molecule has 2 N–H and O–H groups in total. The van der Waals surface area contributed by atoms with Crippen LogP contribution in [-0.4, -0.2) is 44.7 Å². The highest BCUT2D eigenvalue weighted by molar-refractivity contribution is 5.67. The van der Waals surface area contributed by atoms with Crippen LogP contribution in [0, 0.1) is 0 Å². The molecule has 0 unspecified atom stereocenters. The van der Waals surface area contributed by atoms with Gasteiger partial charge in [-0.3, -0.25) is 0 Å². The molecule has 2 heterocycles. The van der Waals surface area contributed by atoms with Crippen LogP contribution in [-0.2, 0) is 13.2 Å². The van der Waals surface area contributed by atoms with Crippen LogP contribution in [0.2, 0.25) is 0 Å². The van der Waals surface area contributed by atoms with Gasteiger partial charge in [0.15, 0.2) is 5.69 Å². The van der Waals surface area contributed by atoms with Crippen molar-refractivity contribution < 1.29 is 14.6 Å². The van der Waals surface area contributed by atoms with Gasteiger partial charge in [-0.15, -0.1) is 0 Å². The van der Waals surface area contributed by atoms with Crippen molar-refractivity contribution in [2.24, 2.45) is 0 Å². The van der Waals surface area contributed by atoms with Crippen LogP contribution in [0.15, 0.2) is 104 Å². The van der Waals surface area contributed by atoms with Crippen molar-refractivity contribution in [3.8, 4) is 23.1 Å². The molecule has 0 aliphatic rings. The number of rotatable bonds is 13. The van der Waals surface area contributed by atoms with E-state index in [2.05, 4.69) is 37.1 Å². The maximum Gasteiger partial charge on any atom is 0.245 e. The molecular weight excluding hydrogens is 516 g/mol. The third-order valence-electron chi connectivity index (χ3n) is 6.33. The number of nitrogens with zero attached hydrogens (tertiary/aromatic N) is 5. The molecule has 0 spiro atoms. The highest BCUT2D eigenvalue weighted by Gasteiger charge is 2.15. The Labute approximate surface area is 239 Å². The average Bonchev–Trinajstić information content (AvgIpc) is 3.03. The van der Waals surface area contributed by atoms with Gasteiger partial charge in [0.25, 0.3) is 0 Å². The summed E-state index contributed by atoms with van der Waals surface area (Å²) in [5, 5.41) is 12.6. The van der Waals surface area contributed by atoms with Gasteiger partial charge in [-0.25, -0.2) is 15.0 Å². The van der Waals surface area contributed by atoms with Gasteiger partial charge in [0.1, 0.15) is 25.4 Å². The fraction of sp³-hybridized carbons (Fsp3) is 0.188. The molecule has 2 aromatic heterocycles. The highest BCUT2D eigenvalue weighted by Crippen LogP contribution is 2.29. The molecule has 3 aromatic carbocycles. The van der Waals surface area contributed by atoms with Crippen LogP contribution < -0.4 is 19.7 Å². The summed E-state index contributed by atoms with van der Waals surface area (Å²) in [5.74, 6) is 1.28. The lowest BCUT2D eigenvalue weighted by Gasteiger charge is -2.22. The highest BCUT2D eigenvalue weighted by atomic mass is 16.5. The van der Waals surface area contributed by atoms with Gasteiger partial charge in [0.2, 0.25) is 11.8 Å². The third-order valence-corrected chi connectivity index (χ3v) is 6.33. The molecule has 208 valence electrons. The molecule has 0 saturated carbocycles. The quantitative estimate of drug-likeness (QED) is 0.193. The van der Waals surface area contributed by atoms with E-state index in [0.717, 1.165) is 29.0 Å². The SMILES string of the molecule is CCN(CCO)c1ccc(Nc2cc(-c3ncc(OCc4ccccc4)nc3OCc3ccccc3)ncn2)cc1. The standard InChI is InChI=1S/C32H32N6O3/c1-2-38(17-18-39)27-15-13-26(14-16-27)36-29-19-28(34-23-35-29)31-32(41-22-25-11-7-4-8-12-25)37-30(20-33-31)40-21-24-9-5-3-6-10-24/h3-16,19-20,23,39H,2,17-18,21-22H2,1H3,(H,34,35,36). The van der Waals surface area contributed by atoms with Gasteiger partial charge in [-0.05, 0) is 42.3 Å². The van der Waals surface area contributed by atoms with E-state index in [-0.39, 0.29) is 6.61 Å². The molecule has 0 radical (unpaired) electrons. The first-order valence-corrected chi connectivity index (χ1v) is 13.5. The molecule has 0 aliphatic carbocycles. The second-order valence-corrected chi connectivity index (χ2v) is 9.17. The van der Waals surface area contributed by atoms with Gasteiger partial charge in [-0.1, -0.05) is 60.7 Å². The Morgan fingerprint density at radius 1 is 0.805 bits per heavy atom. The number of hydrogen-bond acceptors (Lipinski definition) is 9. The Kier molecular flexibility index (Phi) is 9.31. The van der Waals surface area contributed by atoms with Crippen LogP contribution in [0.5, 0.6) is 11.8 Å². The van der Waals surface area contributed by atoms with Gasteiger partial charge in [0.05, 0.1) is 18.5 Å². The number of nitrogens with one attached hydrogen (secondary N) is 1. The number of benzene rings is 3. The van der Waals surface area contributed by atoms with Crippen molar-refractivity contribution in [3.05, 3.63) is 115 Å². The molecule has 0 amide bonds. The number of anilines is 3. The van der Waals surface area contributed by atoms with Gasteiger partial charge >= 0.3 is 0 Å². The summed E-state index contributed by atoms with van der Waals surface area (Å²) < 4.78 is 12.0. The second kappa shape index (κ2) is 13.9. The van der Waals surface area contributed by atoms with E-state index in [0.29, 0.717) is 48.7 Å². The summed E-state index contributed by atoms with van der Waals surface area (Å²) in [6.07, 6.45) is 3.06. The second-order valence-electron chi connectivity index (χ2n) is 9.17. The Balaban J connectivity index is 1.36. The van der Waals surface area contributed by atoms with E-state index < -0.39 is 0 Å². The molecule has 5 aromatic rings. The van der Waals surface area contributed by atoms with Gasteiger partial charge < -0.3 is 24.8 Å². The Morgan fingerprint density at radius 2 is 1.49 bits per heavy atom. The van der Waals surface area contributed by atoms with E-state index in [4.69, 9.17) is 9.47 Å². The largest absolute Gasteiger partial charge is 0.472 e. The van der Waals surface area contributed by atoms with Crippen molar-refractivity contribution in [1.29, 1.82) is 0 Å². The lowest BCUT2D eigenvalue weighted by atomic mass is 10.2. The smallest absolute Gasteiger partial charge is 0.245 e. The number of likely N-dealkylation sites (N-methyl/N-ethyl adjacent to an activating group) is 1. The summed E-state index contributed by atoms with van der Waals surface area (Å²) >= 11 is 0. The molecule has 9 nitrogen and oxygen atoms in total. The summed E-state index contributed by atoms with van der Waals surface area (Å²) in [6.45, 7) is 4.25. The van der Waals surface area contributed by atoms with Gasteiger partial charge in [0, 0.05) is 30.5 Å². The zero-order chi connectivity index (χ0) is 28.3. The van der Waals surface area contributed by atoms with Crippen molar-refractivity contribution >= 4 is 17.2 Å². The average molecular weight is 549 g/mol. The topological polar surface area (TPSA) is 106 Å². The normalized spacial score (nSPS) is 10.7. The monoisotopic (exact) mass is 548 g/mol. The number of aromatic nitrogens is 4. The van der Waals surface area contributed by atoms with Crippen LogP contribution >= 0.6 is 0 Å². The summed E-state index contributed by atoms with van der Waals surface area (Å²) in [7, 11) is 0. The predicted molar refractivity (Wildman–Crippen MR) is 159 cm³/mol. The first kappa shape index (κ1) is 27.5. The van der Waals surface area contributed by atoms with E-state index in [1.54, 1.807) is 6.20 Å². The van der Waals surface area contributed by atoms with E-state index >= 15 is 0 Å². The number of hydrogen-bond donors (Lipinski definition) is 2. The van der Waals surface area contributed by atoms with Crippen molar-refractivity contribution in [1.82, 2.24) is 19.9 Å². The molecule has 41 heavy (non-hydrogen) atoms. The van der Waals surface area contributed by atoms with E-state index in [1.165, 1.54) is 6.33 Å². The fourth-order valence-corrected chi connectivity index (χ4v) is 4.21. The first-order valence-electron chi connectivity index (χ1n) is 13.5. The maximum absolute atomic E-state index is 9.31. The maximum atomic E-state index is 9.31.